The number of H-pyrrole nitrogens is 1. The molecule has 1 atom stereocenters. The maximum absolute atomic E-state index is 13.1. The molecular weight excluding hydrogens is 303 g/mol. The van der Waals surface area contributed by atoms with Gasteiger partial charge in [-0.2, -0.15) is 5.10 Å². The van der Waals surface area contributed by atoms with E-state index in [1.165, 1.54) is 48.3 Å². The number of hydrogen-bond donors (Lipinski definition) is 2. The van der Waals surface area contributed by atoms with Crippen LogP contribution in [0.3, 0.4) is 0 Å². The minimum atomic E-state index is -0.174. The molecule has 2 aliphatic rings. The Morgan fingerprint density at radius 3 is 2.88 bits per heavy atom. The molecule has 1 unspecified atom stereocenters. The molecule has 1 aliphatic heterocycles. The maximum Gasteiger partial charge on any atom is 0.123 e. The van der Waals surface area contributed by atoms with Gasteiger partial charge < -0.3 is 10.2 Å². The number of fused-ring (bicyclic) bond motifs is 1. The highest BCUT2D eigenvalue weighted by molar-refractivity contribution is 5.47. The summed E-state index contributed by atoms with van der Waals surface area (Å²) in [6, 6.07) is 7.27. The fraction of sp³-hybridized carbons (Fsp3) is 0.526. The quantitative estimate of drug-likeness (QED) is 0.847. The molecule has 1 aromatic carbocycles. The van der Waals surface area contributed by atoms with Crippen molar-refractivity contribution in [3.05, 3.63) is 47.0 Å². The standard InChI is InChI=1S/C19H25FN4/c20-14-6-8-16(9-7-14)24-11-10-15(13-24)21-12-19-17-4-2-1-3-5-18(17)22-23-19/h6-9,15,21H,1-5,10-13H2,(H,22,23). The van der Waals surface area contributed by atoms with E-state index in [4.69, 9.17) is 0 Å². The van der Waals surface area contributed by atoms with Crippen LogP contribution in [0.2, 0.25) is 0 Å². The van der Waals surface area contributed by atoms with E-state index in [-0.39, 0.29) is 5.82 Å². The monoisotopic (exact) mass is 328 g/mol. The molecule has 2 heterocycles. The zero-order chi connectivity index (χ0) is 16.4. The first-order valence-electron chi connectivity index (χ1n) is 9.08. The second-order valence-electron chi connectivity index (χ2n) is 6.98. The highest BCUT2D eigenvalue weighted by Gasteiger charge is 2.23. The molecule has 0 amide bonds. The summed E-state index contributed by atoms with van der Waals surface area (Å²) in [6.45, 7) is 2.83. The molecule has 4 rings (SSSR count). The van der Waals surface area contributed by atoms with Crippen molar-refractivity contribution >= 4 is 5.69 Å². The van der Waals surface area contributed by atoms with Gasteiger partial charge >= 0.3 is 0 Å². The van der Waals surface area contributed by atoms with Crippen LogP contribution in [0.4, 0.5) is 10.1 Å². The van der Waals surface area contributed by atoms with Gasteiger partial charge in [0.2, 0.25) is 0 Å². The topological polar surface area (TPSA) is 44.0 Å². The van der Waals surface area contributed by atoms with Crippen LogP contribution in [0.5, 0.6) is 0 Å². The zero-order valence-electron chi connectivity index (χ0n) is 14.0. The number of aromatic amines is 1. The molecule has 0 spiro atoms. The van der Waals surface area contributed by atoms with Gasteiger partial charge in [-0.25, -0.2) is 4.39 Å². The number of halogens is 1. The van der Waals surface area contributed by atoms with Crippen LogP contribution >= 0.6 is 0 Å². The fourth-order valence-electron chi connectivity index (χ4n) is 3.93. The number of aryl methyl sites for hydroxylation is 1. The van der Waals surface area contributed by atoms with Gasteiger partial charge in [0.15, 0.2) is 0 Å². The van der Waals surface area contributed by atoms with Gasteiger partial charge in [-0.3, -0.25) is 5.10 Å². The van der Waals surface area contributed by atoms with Crippen LogP contribution < -0.4 is 10.2 Å². The molecule has 1 saturated heterocycles. The van der Waals surface area contributed by atoms with Crippen LogP contribution in [-0.2, 0) is 19.4 Å². The van der Waals surface area contributed by atoms with Crippen LogP contribution in [-0.4, -0.2) is 29.3 Å². The van der Waals surface area contributed by atoms with Crippen molar-refractivity contribution in [3.63, 3.8) is 0 Å². The lowest BCUT2D eigenvalue weighted by atomic mass is 10.1. The van der Waals surface area contributed by atoms with E-state index in [9.17, 15) is 4.39 Å². The van der Waals surface area contributed by atoms with Gasteiger partial charge in [0.05, 0.1) is 5.69 Å². The number of aromatic nitrogens is 2. The lowest BCUT2D eigenvalue weighted by Crippen LogP contribution is -2.32. The molecule has 0 bridgehead atoms. The van der Waals surface area contributed by atoms with E-state index >= 15 is 0 Å². The van der Waals surface area contributed by atoms with E-state index in [1.54, 1.807) is 0 Å². The van der Waals surface area contributed by atoms with Gasteiger partial charge in [-0.1, -0.05) is 6.42 Å². The largest absolute Gasteiger partial charge is 0.370 e. The molecule has 5 heteroatoms. The molecule has 24 heavy (non-hydrogen) atoms. The summed E-state index contributed by atoms with van der Waals surface area (Å²) < 4.78 is 13.1. The molecule has 4 nitrogen and oxygen atoms in total. The van der Waals surface area contributed by atoms with E-state index in [2.05, 4.69) is 20.4 Å². The molecule has 128 valence electrons. The second-order valence-corrected chi connectivity index (χ2v) is 6.98. The van der Waals surface area contributed by atoms with Crippen molar-refractivity contribution in [1.29, 1.82) is 0 Å². The average molecular weight is 328 g/mol. The summed E-state index contributed by atoms with van der Waals surface area (Å²) in [7, 11) is 0. The smallest absolute Gasteiger partial charge is 0.123 e. The summed E-state index contributed by atoms with van der Waals surface area (Å²) in [5, 5.41) is 11.5. The van der Waals surface area contributed by atoms with Crippen LogP contribution in [0, 0.1) is 5.82 Å². The maximum atomic E-state index is 13.1. The number of nitrogens with zero attached hydrogens (tertiary/aromatic N) is 2. The number of anilines is 1. The van der Waals surface area contributed by atoms with E-state index in [1.807, 2.05) is 12.1 Å². The van der Waals surface area contributed by atoms with Crippen LogP contribution in [0.25, 0.3) is 0 Å². The van der Waals surface area contributed by atoms with Gasteiger partial charge in [0.1, 0.15) is 5.82 Å². The van der Waals surface area contributed by atoms with Crippen molar-refractivity contribution in [2.75, 3.05) is 18.0 Å². The Hall–Kier alpha value is -1.88. The Bertz CT molecular complexity index is 679. The molecule has 1 aromatic heterocycles. The predicted molar refractivity (Wildman–Crippen MR) is 93.7 cm³/mol. The summed E-state index contributed by atoms with van der Waals surface area (Å²) in [5.74, 6) is -0.174. The van der Waals surface area contributed by atoms with Gasteiger partial charge in [-0.05, 0) is 61.9 Å². The molecule has 0 saturated carbocycles. The molecule has 0 radical (unpaired) electrons. The summed E-state index contributed by atoms with van der Waals surface area (Å²) in [5.41, 5.74) is 5.11. The molecule has 2 N–H and O–H groups in total. The van der Waals surface area contributed by atoms with Crippen molar-refractivity contribution < 1.29 is 4.39 Å². The zero-order valence-corrected chi connectivity index (χ0v) is 14.0. The SMILES string of the molecule is Fc1ccc(N2CCC(NCc3n[nH]c4c3CCCCC4)C2)cc1. The first kappa shape index (κ1) is 15.6. The lowest BCUT2D eigenvalue weighted by Gasteiger charge is -2.19. The number of hydrogen-bond acceptors (Lipinski definition) is 3. The average Bonchev–Trinajstić information content (AvgIpc) is 3.15. The third kappa shape index (κ3) is 3.31. The summed E-state index contributed by atoms with van der Waals surface area (Å²) in [4.78, 5) is 2.32. The Labute approximate surface area is 142 Å². The Balaban J connectivity index is 1.34. The second kappa shape index (κ2) is 6.93. The minimum Gasteiger partial charge on any atom is -0.370 e. The third-order valence-electron chi connectivity index (χ3n) is 5.33. The van der Waals surface area contributed by atoms with Gasteiger partial charge in [-0.15, -0.1) is 0 Å². The van der Waals surface area contributed by atoms with Crippen LogP contribution in [0.15, 0.2) is 24.3 Å². The molecular formula is C19H25FN4. The fourth-order valence-corrected chi connectivity index (χ4v) is 3.93. The van der Waals surface area contributed by atoms with Crippen molar-refractivity contribution in [2.24, 2.45) is 0 Å². The Kier molecular flexibility index (Phi) is 4.52. The predicted octanol–water partition coefficient (Wildman–Crippen LogP) is 3.19. The van der Waals surface area contributed by atoms with E-state index in [0.29, 0.717) is 6.04 Å². The Morgan fingerprint density at radius 2 is 2.00 bits per heavy atom. The van der Waals surface area contributed by atoms with Crippen LogP contribution in [0.1, 0.15) is 42.6 Å². The lowest BCUT2D eigenvalue weighted by molar-refractivity contribution is 0.542. The minimum absolute atomic E-state index is 0.174. The third-order valence-corrected chi connectivity index (χ3v) is 5.33. The number of nitrogens with one attached hydrogen (secondary N) is 2. The molecule has 1 aliphatic carbocycles. The molecule has 1 fully saturated rings. The van der Waals surface area contributed by atoms with Crippen molar-refractivity contribution in [2.45, 2.75) is 51.1 Å². The van der Waals surface area contributed by atoms with E-state index < -0.39 is 0 Å². The normalized spacial score (nSPS) is 20.9. The van der Waals surface area contributed by atoms with E-state index in [0.717, 1.165) is 44.6 Å². The van der Waals surface area contributed by atoms with Crippen molar-refractivity contribution in [3.8, 4) is 0 Å². The summed E-state index contributed by atoms with van der Waals surface area (Å²) in [6.07, 6.45) is 7.30. The van der Waals surface area contributed by atoms with Gasteiger partial charge in [0.25, 0.3) is 0 Å². The number of rotatable bonds is 4. The highest BCUT2D eigenvalue weighted by atomic mass is 19.1. The highest BCUT2D eigenvalue weighted by Crippen LogP contribution is 2.23. The molecule has 2 aromatic rings. The van der Waals surface area contributed by atoms with Crippen molar-refractivity contribution in [1.82, 2.24) is 15.5 Å². The first-order chi connectivity index (χ1) is 11.8. The first-order valence-corrected chi connectivity index (χ1v) is 9.08. The van der Waals surface area contributed by atoms with Gasteiger partial charge in [0, 0.05) is 37.1 Å². The number of benzene rings is 1. The summed E-state index contributed by atoms with van der Waals surface area (Å²) >= 11 is 0. The Morgan fingerprint density at radius 1 is 1.17 bits per heavy atom.